The van der Waals surface area contributed by atoms with E-state index in [0.717, 1.165) is 89.8 Å². The average Bonchev–Trinajstić information content (AvgIpc) is 1.58. The molecular formula is C94H64N4. The highest BCUT2D eigenvalue weighted by Crippen LogP contribution is 2.44. The van der Waals surface area contributed by atoms with Gasteiger partial charge < -0.3 is 18.9 Å². The lowest BCUT2D eigenvalue weighted by molar-refractivity contribution is 1.18. The van der Waals surface area contributed by atoms with Crippen LogP contribution in [0.15, 0.2) is 388 Å². The fraction of sp³-hybridized carbons (Fsp3) is 0. The van der Waals surface area contributed by atoms with Crippen LogP contribution in [0, 0.1) is 0 Å². The van der Waals surface area contributed by atoms with Gasteiger partial charge in [0.05, 0.1) is 22.1 Å². The fourth-order valence-corrected chi connectivity index (χ4v) is 14.7. The first kappa shape index (κ1) is 57.6. The van der Waals surface area contributed by atoms with E-state index in [9.17, 15) is 0 Å². The van der Waals surface area contributed by atoms with Gasteiger partial charge in [0.25, 0.3) is 0 Å². The number of rotatable bonds is 14. The molecular weight excluding hydrogens is 1190 g/mol. The van der Waals surface area contributed by atoms with Crippen molar-refractivity contribution in [3.63, 3.8) is 0 Å². The Bertz CT molecular complexity index is 5840. The minimum atomic E-state index is 1.07. The highest BCUT2D eigenvalue weighted by molar-refractivity contribution is 6.10. The van der Waals surface area contributed by atoms with Crippen LogP contribution in [0.3, 0.4) is 0 Å². The summed E-state index contributed by atoms with van der Waals surface area (Å²) in [6.45, 7) is 0. The zero-order valence-corrected chi connectivity index (χ0v) is 53.7. The third-order valence-corrected chi connectivity index (χ3v) is 19.5. The molecule has 0 saturated carbocycles. The number of aromatic nitrogens is 2. The largest absolute Gasteiger partial charge is 0.311 e. The molecule has 0 aliphatic heterocycles. The minimum Gasteiger partial charge on any atom is -0.311 e. The SMILES string of the molecule is c1ccc(-c2ccc(N(c3ccc(-c4cccc(-c5cccc6cc(N(c7ccc(-c8ccccc8)cc7)c7ccc(-c8cccc(-n9c%10ccccc%10c%10ccccc%109)c8)cc7)ccc56)c4)cc3)c3ccc(-c4cccc(-n5c6ccccc6c6ccccc65)c4)cc3)cc2)cc1. The normalized spacial score (nSPS) is 11.5. The number of para-hydroxylation sites is 4. The zero-order valence-electron chi connectivity index (χ0n) is 53.7. The van der Waals surface area contributed by atoms with Crippen molar-refractivity contribution in [2.24, 2.45) is 0 Å². The molecule has 18 rings (SSSR count). The topological polar surface area (TPSA) is 16.3 Å². The van der Waals surface area contributed by atoms with Crippen molar-refractivity contribution >= 4 is 88.5 Å². The molecule has 0 N–H and O–H groups in total. The Balaban J connectivity index is 0.654. The Morgan fingerprint density at radius 3 is 0.847 bits per heavy atom. The van der Waals surface area contributed by atoms with Gasteiger partial charge in [-0.3, -0.25) is 0 Å². The number of benzene rings is 16. The molecule has 0 atom stereocenters. The summed E-state index contributed by atoms with van der Waals surface area (Å²) in [5.41, 5.74) is 27.6. The first-order chi connectivity index (χ1) is 48.6. The Labute approximate surface area is 570 Å². The van der Waals surface area contributed by atoms with Gasteiger partial charge >= 0.3 is 0 Å². The van der Waals surface area contributed by atoms with Gasteiger partial charge in [0.15, 0.2) is 0 Å². The lowest BCUT2D eigenvalue weighted by atomic mass is 9.94. The average molecular weight is 1250 g/mol. The van der Waals surface area contributed by atoms with Crippen LogP contribution in [0.25, 0.3) is 133 Å². The molecule has 2 heterocycles. The zero-order chi connectivity index (χ0) is 64.9. The van der Waals surface area contributed by atoms with Crippen molar-refractivity contribution in [2.45, 2.75) is 0 Å². The van der Waals surface area contributed by atoms with Crippen molar-refractivity contribution in [1.82, 2.24) is 9.13 Å². The molecule has 4 heteroatoms. The molecule has 0 fully saturated rings. The van der Waals surface area contributed by atoms with Gasteiger partial charge in [-0.05, 0) is 205 Å². The summed E-state index contributed by atoms with van der Waals surface area (Å²) in [5.74, 6) is 0. The first-order valence-corrected chi connectivity index (χ1v) is 33.6. The van der Waals surface area contributed by atoms with Gasteiger partial charge in [-0.25, -0.2) is 0 Å². The molecule has 0 radical (unpaired) electrons. The molecule has 98 heavy (non-hydrogen) atoms. The smallest absolute Gasteiger partial charge is 0.0541 e. The number of anilines is 6. The van der Waals surface area contributed by atoms with Crippen molar-refractivity contribution in [1.29, 1.82) is 0 Å². The van der Waals surface area contributed by atoms with E-state index in [1.54, 1.807) is 0 Å². The summed E-state index contributed by atoms with van der Waals surface area (Å²) in [5, 5.41) is 7.38. The van der Waals surface area contributed by atoms with Gasteiger partial charge in [-0.2, -0.15) is 0 Å². The summed E-state index contributed by atoms with van der Waals surface area (Å²) < 4.78 is 4.78. The van der Waals surface area contributed by atoms with E-state index in [-0.39, 0.29) is 0 Å². The van der Waals surface area contributed by atoms with Crippen molar-refractivity contribution in [3.05, 3.63) is 388 Å². The summed E-state index contributed by atoms with van der Waals surface area (Å²) in [7, 11) is 0. The molecule has 0 saturated heterocycles. The molecule has 4 nitrogen and oxygen atoms in total. The maximum atomic E-state index is 2.39. The monoisotopic (exact) mass is 1250 g/mol. The standard InChI is InChI=1S/C94H64N4/c1-3-19-65(20-4-1)67-39-49-77(50-40-67)95(79-55-45-70(46-56-79)73-24-16-28-82(62-73)97-91-35-11-7-30-87(91)88-31-8-12-36-92(88)97)78-53-43-69(44-54-78)72-23-15-26-75(61-72)85-34-18-27-76-64-84(59-60-86(76)85)96(80-51-41-68(42-52-80)66-21-5-2-6-22-66)81-57-47-71(48-58-81)74-25-17-29-83(63-74)98-93-37-13-9-32-89(93)90-33-10-14-38-94(90)98/h1-64H. The number of nitrogens with zero attached hydrogens (tertiary/aromatic N) is 4. The van der Waals surface area contributed by atoms with E-state index < -0.39 is 0 Å². The summed E-state index contributed by atoms with van der Waals surface area (Å²) in [4.78, 5) is 4.74. The van der Waals surface area contributed by atoms with Gasteiger partial charge in [0, 0.05) is 67.0 Å². The summed E-state index contributed by atoms with van der Waals surface area (Å²) in [6, 6.07) is 142. The third kappa shape index (κ3) is 10.5. The van der Waals surface area contributed by atoms with Crippen molar-refractivity contribution in [3.8, 4) is 78.1 Å². The van der Waals surface area contributed by atoms with E-state index in [1.807, 2.05) is 0 Å². The van der Waals surface area contributed by atoms with Crippen LogP contribution in [-0.2, 0) is 0 Å². The van der Waals surface area contributed by atoms with Crippen LogP contribution in [0.5, 0.6) is 0 Å². The molecule has 0 aliphatic rings. The lowest BCUT2D eigenvalue weighted by Gasteiger charge is -2.26. The van der Waals surface area contributed by atoms with E-state index in [2.05, 4.69) is 407 Å². The molecule has 0 spiro atoms. The van der Waals surface area contributed by atoms with Gasteiger partial charge in [0.2, 0.25) is 0 Å². The second kappa shape index (κ2) is 24.7. The van der Waals surface area contributed by atoms with Gasteiger partial charge in [0.1, 0.15) is 0 Å². The Morgan fingerprint density at radius 1 is 0.163 bits per heavy atom. The Hall–Kier alpha value is -13.0. The highest BCUT2D eigenvalue weighted by atomic mass is 15.1. The van der Waals surface area contributed by atoms with Gasteiger partial charge in [-0.15, -0.1) is 0 Å². The molecule has 0 bridgehead atoms. The number of hydrogen-bond donors (Lipinski definition) is 0. The molecule has 2 aromatic heterocycles. The third-order valence-electron chi connectivity index (χ3n) is 19.5. The molecule has 18 aromatic rings. The van der Waals surface area contributed by atoms with E-state index in [0.29, 0.717) is 0 Å². The van der Waals surface area contributed by atoms with Crippen LogP contribution >= 0.6 is 0 Å². The Morgan fingerprint density at radius 2 is 0.449 bits per heavy atom. The first-order valence-electron chi connectivity index (χ1n) is 33.6. The molecule has 460 valence electrons. The quantitative estimate of drug-likeness (QED) is 0.108. The molecule has 16 aromatic carbocycles. The van der Waals surface area contributed by atoms with Crippen molar-refractivity contribution in [2.75, 3.05) is 9.80 Å². The van der Waals surface area contributed by atoms with E-state index in [4.69, 9.17) is 0 Å². The number of fused-ring (bicyclic) bond motifs is 7. The fourth-order valence-electron chi connectivity index (χ4n) is 14.7. The summed E-state index contributed by atoms with van der Waals surface area (Å²) in [6.07, 6.45) is 0. The van der Waals surface area contributed by atoms with Crippen LogP contribution in [0.1, 0.15) is 0 Å². The maximum Gasteiger partial charge on any atom is 0.0541 e. The van der Waals surface area contributed by atoms with Crippen LogP contribution in [0.4, 0.5) is 34.1 Å². The van der Waals surface area contributed by atoms with Gasteiger partial charge in [-0.1, -0.05) is 261 Å². The summed E-state index contributed by atoms with van der Waals surface area (Å²) >= 11 is 0. The number of hydrogen-bond acceptors (Lipinski definition) is 2. The second-order valence-corrected chi connectivity index (χ2v) is 25.3. The lowest BCUT2D eigenvalue weighted by Crippen LogP contribution is -2.10. The second-order valence-electron chi connectivity index (χ2n) is 25.3. The Kier molecular flexibility index (Phi) is 14.5. The highest BCUT2D eigenvalue weighted by Gasteiger charge is 2.20. The van der Waals surface area contributed by atoms with Crippen LogP contribution in [-0.4, -0.2) is 9.13 Å². The minimum absolute atomic E-state index is 1.07. The molecule has 0 amide bonds. The van der Waals surface area contributed by atoms with Crippen LogP contribution in [0.2, 0.25) is 0 Å². The van der Waals surface area contributed by atoms with Crippen LogP contribution < -0.4 is 9.80 Å². The predicted molar refractivity (Wildman–Crippen MR) is 415 cm³/mol. The molecule has 0 aliphatic carbocycles. The molecule has 0 unspecified atom stereocenters. The maximum absolute atomic E-state index is 2.39. The van der Waals surface area contributed by atoms with Crippen molar-refractivity contribution < 1.29 is 0 Å². The van der Waals surface area contributed by atoms with E-state index >= 15 is 0 Å². The predicted octanol–water partition coefficient (Wildman–Crippen LogP) is 26.0. The van der Waals surface area contributed by atoms with E-state index in [1.165, 1.54) is 76.8 Å².